The second-order valence-corrected chi connectivity index (χ2v) is 5.19. The molecule has 0 aromatic carbocycles. The largest absolute Gasteiger partial charge is 0.465 e. The van der Waals surface area contributed by atoms with Gasteiger partial charge in [-0.2, -0.15) is 0 Å². The molecule has 1 atom stereocenters. The molecule has 1 fully saturated rings. The van der Waals surface area contributed by atoms with E-state index in [9.17, 15) is 9.59 Å². The maximum Gasteiger partial charge on any atom is 0.316 e. The zero-order valence-corrected chi connectivity index (χ0v) is 12.4. The molecule has 1 unspecified atom stereocenters. The molecule has 0 N–H and O–H groups in total. The lowest BCUT2D eigenvalue weighted by Gasteiger charge is -2.32. The number of rotatable bonds is 6. The van der Waals surface area contributed by atoms with Gasteiger partial charge in [0.25, 0.3) is 0 Å². The molecule has 1 rings (SSSR count). The summed E-state index contributed by atoms with van der Waals surface area (Å²) < 4.78 is 10.6. The van der Waals surface area contributed by atoms with Crippen LogP contribution in [0, 0.1) is 5.92 Å². The fourth-order valence-electron chi connectivity index (χ4n) is 2.87. The average Bonchev–Trinajstić information content (AvgIpc) is 2.66. The molecule has 0 amide bonds. The Morgan fingerprint density at radius 2 is 1.68 bits per heavy atom. The van der Waals surface area contributed by atoms with Gasteiger partial charge in [0.1, 0.15) is 11.5 Å². The molecule has 1 saturated carbocycles. The van der Waals surface area contributed by atoms with Gasteiger partial charge in [0, 0.05) is 7.11 Å². The molecule has 0 bridgehead atoms. The van der Waals surface area contributed by atoms with Crippen molar-refractivity contribution < 1.29 is 19.1 Å². The van der Waals surface area contributed by atoms with Crippen molar-refractivity contribution in [2.75, 3.05) is 13.7 Å². The van der Waals surface area contributed by atoms with Crippen LogP contribution in [-0.2, 0) is 19.1 Å². The van der Waals surface area contributed by atoms with Crippen molar-refractivity contribution in [3.8, 4) is 0 Å². The van der Waals surface area contributed by atoms with Crippen LogP contribution >= 0.6 is 0 Å². The monoisotopic (exact) mass is 270 g/mol. The number of esters is 1. The highest BCUT2D eigenvalue weighted by atomic mass is 16.5. The molecule has 0 aromatic heterocycles. The topological polar surface area (TPSA) is 52.6 Å². The van der Waals surface area contributed by atoms with Crippen molar-refractivity contribution in [1.82, 2.24) is 0 Å². The van der Waals surface area contributed by atoms with Gasteiger partial charge in [-0.3, -0.25) is 9.59 Å². The Balaban J connectivity index is 2.88. The van der Waals surface area contributed by atoms with Crippen molar-refractivity contribution in [2.24, 2.45) is 5.92 Å². The number of Topliss-reactive ketones (excluding diaryl/α,β-unsaturated/α-hetero) is 1. The standard InChI is InChI=1S/C15H26O4/c1-4-12(14(17)19-5-2)13(16)15(18-3)10-8-6-7-9-11-15/h12H,4-11H2,1-3H3. The van der Waals surface area contributed by atoms with E-state index < -0.39 is 17.5 Å². The number of ether oxygens (including phenoxy) is 2. The van der Waals surface area contributed by atoms with Gasteiger partial charge >= 0.3 is 5.97 Å². The molecular weight excluding hydrogens is 244 g/mol. The van der Waals surface area contributed by atoms with Crippen LogP contribution in [0.25, 0.3) is 0 Å². The lowest BCUT2D eigenvalue weighted by atomic mass is 9.81. The van der Waals surface area contributed by atoms with Crippen LogP contribution in [0.3, 0.4) is 0 Å². The zero-order valence-electron chi connectivity index (χ0n) is 12.4. The van der Waals surface area contributed by atoms with E-state index in [1.165, 1.54) is 0 Å². The summed E-state index contributed by atoms with van der Waals surface area (Å²) >= 11 is 0. The van der Waals surface area contributed by atoms with E-state index in [-0.39, 0.29) is 5.78 Å². The van der Waals surface area contributed by atoms with Gasteiger partial charge in [-0.1, -0.05) is 32.6 Å². The first-order chi connectivity index (χ1) is 9.11. The third-order valence-corrected chi connectivity index (χ3v) is 4.05. The lowest BCUT2D eigenvalue weighted by molar-refractivity contribution is -0.160. The van der Waals surface area contributed by atoms with Crippen LogP contribution in [0.15, 0.2) is 0 Å². The second-order valence-electron chi connectivity index (χ2n) is 5.19. The summed E-state index contributed by atoms with van der Waals surface area (Å²) in [5.74, 6) is -1.17. The van der Waals surface area contributed by atoms with Gasteiger partial charge in [0.05, 0.1) is 6.61 Å². The minimum absolute atomic E-state index is 0.0853. The van der Waals surface area contributed by atoms with Crippen LogP contribution < -0.4 is 0 Å². The van der Waals surface area contributed by atoms with E-state index >= 15 is 0 Å². The minimum atomic E-state index is -0.774. The summed E-state index contributed by atoms with van der Waals surface area (Å²) in [7, 11) is 1.58. The zero-order chi connectivity index (χ0) is 14.3. The number of carbonyl (C=O) groups excluding carboxylic acids is 2. The Hall–Kier alpha value is -0.900. The van der Waals surface area contributed by atoms with E-state index in [2.05, 4.69) is 0 Å². The minimum Gasteiger partial charge on any atom is -0.465 e. The number of hydrogen-bond donors (Lipinski definition) is 0. The molecule has 4 nitrogen and oxygen atoms in total. The Morgan fingerprint density at radius 1 is 1.11 bits per heavy atom. The molecule has 0 aromatic rings. The Morgan fingerprint density at radius 3 is 2.11 bits per heavy atom. The summed E-state index contributed by atoms with van der Waals surface area (Å²) in [4.78, 5) is 24.6. The smallest absolute Gasteiger partial charge is 0.316 e. The number of ketones is 1. The molecule has 0 heterocycles. The summed E-state index contributed by atoms with van der Waals surface area (Å²) in [5.41, 5.74) is -0.774. The van der Waals surface area contributed by atoms with Crippen LogP contribution in [0.5, 0.6) is 0 Å². The van der Waals surface area contributed by atoms with Crippen molar-refractivity contribution >= 4 is 11.8 Å². The molecular formula is C15H26O4. The van der Waals surface area contributed by atoms with Crippen LogP contribution in [-0.4, -0.2) is 31.1 Å². The highest BCUT2D eigenvalue weighted by molar-refractivity contribution is 6.03. The number of methoxy groups -OCH3 is 1. The first-order valence-electron chi connectivity index (χ1n) is 7.37. The van der Waals surface area contributed by atoms with Crippen molar-refractivity contribution in [1.29, 1.82) is 0 Å². The Bertz CT molecular complexity index is 303. The van der Waals surface area contributed by atoms with E-state index in [0.717, 1.165) is 38.5 Å². The van der Waals surface area contributed by atoms with E-state index in [4.69, 9.17) is 9.47 Å². The van der Waals surface area contributed by atoms with Crippen molar-refractivity contribution in [2.45, 2.75) is 64.4 Å². The first-order valence-corrected chi connectivity index (χ1v) is 7.37. The van der Waals surface area contributed by atoms with E-state index in [1.807, 2.05) is 6.92 Å². The molecule has 1 aliphatic carbocycles. The molecule has 19 heavy (non-hydrogen) atoms. The van der Waals surface area contributed by atoms with Gasteiger partial charge in [-0.15, -0.1) is 0 Å². The number of carbonyl (C=O) groups is 2. The third-order valence-electron chi connectivity index (χ3n) is 4.05. The molecule has 0 radical (unpaired) electrons. The summed E-state index contributed by atoms with van der Waals surface area (Å²) in [6.07, 6.45) is 6.15. The predicted molar refractivity (Wildman–Crippen MR) is 72.9 cm³/mol. The van der Waals surface area contributed by atoms with Gasteiger partial charge in [0.15, 0.2) is 5.78 Å². The first kappa shape index (κ1) is 16.2. The van der Waals surface area contributed by atoms with Gasteiger partial charge in [0.2, 0.25) is 0 Å². The summed E-state index contributed by atoms with van der Waals surface area (Å²) in [6.45, 7) is 3.91. The summed E-state index contributed by atoms with van der Waals surface area (Å²) in [6, 6.07) is 0. The fraction of sp³-hybridized carbons (Fsp3) is 0.867. The molecule has 0 spiro atoms. The van der Waals surface area contributed by atoms with Gasteiger partial charge < -0.3 is 9.47 Å². The van der Waals surface area contributed by atoms with Crippen molar-refractivity contribution in [3.63, 3.8) is 0 Å². The average molecular weight is 270 g/mol. The maximum absolute atomic E-state index is 12.7. The highest BCUT2D eigenvalue weighted by Gasteiger charge is 2.44. The Kier molecular flexibility index (Phi) is 6.49. The molecule has 110 valence electrons. The van der Waals surface area contributed by atoms with Crippen LogP contribution in [0.4, 0.5) is 0 Å². The maximum atomic E-state index is 12.7. The highest BCUT2D eigenvalue weighted by Crippen LogP contribution is 2.34. The SMILES string of the molecule is CCOC(=O)C(CC)C(=O)C1(OC)CCCCCC1. The van der Waals surface area contributed by atoms with Crippen LogP contribution in [0.1, 0.15) is 58.8 Å². The Labute approximate surface area is 115 Å². The van der Waals surface area contributed by atoms with Gasteiger partial charge in [-0.25, -0.2) is 0 Å². The molecule has 0 aliphatic heterocycles. The van der Waals surface area contributed by atoms with Crippen LogP contribution in [0.2, 0.25) is 0 Å². The normalized spacial score (nSPS) is 20.4. The van der Waals surface area contributed by atoms with Crippen molar-refractivity contribution in [3.05, 3.63) is 0 Å². The molecule has 1 aliphatic rings. The lowest BCUT2D eigenvalue weighted by Crippen LogP contribution is -2.46. The molecule has 0 saturated heterocycles. The quantitative estimate of drug-likeness (QED) is 0.423. The fourth-order valence-corrected chi connectivity index (χ4v) is 2.87. The van der Waals surface area contributed by atoms with E-state index in [0.29, 0.717) is 13.0 Å². The van der Waals surface area contributed by atoms with Gasteiger partial charge in [-0.05, 0) is 26.2 Å². The summed E-state index contributed by atoms with van der Waals surface area (Å²) in [5, 5.41) is 0. The third kappa shape index (κ3) is 3.78. The van der Waals surface area contributed by atoms with E-state index in [1.54, 1.807) is 14.0 Å². The molecule has 4 heteroatoms. The number of hydrogen-bond acceptors (Lipinski definition) is 4. The predicted octanol–water partition coefficient (Wildman–Crippen LogP) is 2.88. The second kappa shape index (κ2) is 7.63.